The van der Waals surface area contributed by atoms with Gasteiger partial charge in [0.05, 0.1) is 0 Å². The summed E-state index contributed by atoms with van der Waals surface area (Å²) in [5, 5.41) is 9.05. The molecule has 2 N–H and O–H groups in total. The number of H-pyrrole nitrogens is 1. The predicted molar refractivity (Wildman–Crippen MR) is 95.5 cm³/mol. The van der Waals surface area contributed by atoms with E-state index in [2.05, 4.69) is 15.2 Å². The Morgan fingerprint density at radius 2 is 2.04 bits per heavy atom. The van der Waals surface area contributed by atoms with Crippen LogP contribution in [-0.2, 0) is 10.5 Å². The van der Waals surface area contributed by atoms with E-state index in [1.165, 1.54) is 23.0 Å². The van der Waals surface area contributed by atoms with Crippen molar-refractivity contribution in [2.75, 3.05) is 13.1 Å². The van der Waals surface area contributed by atoms with E-state index >= 15 is 0 Å². The van der Waals surface area contributed by atoms with Gasteiger partial charge in [-0.3, -0.25) is 14.7 Å². The molecule has 7 nitrogen and oxygen atoms in total. The Kier molecular flexibility index (Phi) is 6.22. The molecule has 11 heteroatoms. The molecule has 1 aromatic heterocycles. The van der Waals surface area contributed by atoms with Crippen LogP contribution >= 0.6 is 11.8 Å². The number of halogens is 3. The molecule has 0 radical (unpaired) electrons. The van der Waals surface area contributed by atoms with Gasteiger partial charge in [0.25, 0.3) is 5.91 Å². The summed E-state index contributed by atoms with van der Waals surface area (Å²) in [6.07, 6.45) is -2.15. The zero-order chi connectivity index (χ0) is 20.1. The van der Waals surface area contributed by atoms with Crippen LogP contribution in [-0.4, -0.2) is 57.2 Å². The number of rotatable bonds is 6. The number of nitrogens with one attached hydrogen (secondary N) is 2. The minimum Gasteiger partial charge on any atom is -0.345 e. The molecule has 2 amide bonds. The largest absolute Gasteiger partial charge is 0.405 e. The lowest BCUT2D eigenvalue weighted by Gasteiger charge is -2.24. The van der Waals surface area contributed by atoms with E-state index in [0.717, 1.165) is 5.56 Å². The highest BCUT2D eigenvalue weighted by molar-refractivity contribution is 7.98. The van der Waals surface area contributed by atoms with Crippen LogP contribution in [0, 0.1) is 0 Å². The predicted octanol–water partition coefficient (Wildman–Crippen LogP) is 2.38. The number of carbonyl (C=O) groups is 2. The van der Waals surface area contributed by atoms with Gasteiger partial charge in [0.15, 0.2) is 5.16 Å². The molecular weight excluding hydrogens is 395 g/mol. The van der Waals surface area contributed by atoms with Gasteiger partial charge in [0.1, 0.15) is 18.9 Å². The molecule has 28 heavy (non-hydrogen) atoms. The first kappa shape index (κ1) is 20.2. The Morgan fingerprint density at radius 3 is 2.68 bits per heavy atom. The molecule has 1 aromatic carbocycles. The van der Waals surface area contributed by atoms with Crippen LogP contribution in [0.4, 0.5) is 13.2 Å². The summed E-state index contributed by atoms with van der Waals surface area (Å²) in [4.78, 5) is 30.1. The lowest BCUT2D eigenvalue weighted by atomic mass is 10.1. The SMILES string of the molecule is O=C(NCC(F)(F)F)C1CCCN1C(=O)c1ccc(CSc2ncn[nH]2)cc1. The van der Waals surface area contributed by atoms with Gasteiger partial charge in [-0.1, -0.05) is 23.9 Å². The van der Waals surface area contributed by atoms with E-state index in [0.29, 0.717) is 35.9 Å². The van der Waals surface area contributed by atoms with Gasteiger partial charge < -0.3 is 10.2 Å². The maximum atomic E-state index is 12.7. The molecule has 1 aliphatic rings. The zero-order valence-corrected chi connectivity index (χ0v) is 15.5. The third-order valence-electron chi connectivity index (χ3n) is 4.25. The Bertz CT molecular complexity index is 811. The highest BCUT2D eigenvalue weighted by Gasteiger charge is 2.36. The van der Waals surface area contributed by atoms with E-state index in [1.807, 2.05) is 5.32 Å². The number of aromatic amines is 1. The molecule has 0 saturated carbocycles. The van der Waals surface area contributed by atoms with Crippen LogP contribution in [0.1, 0.15) is 28.8 Å². The summed E-state index contributed by atoms with van der Waals surface area (Å²) in [5.41, 5.74) is 1.36. The molecule has 1 fully saturated rings. The van der Waals surface area contributed by atoms with Crippen molar-refractivity contribution in [3.05, 3.63) is 41.7 Å². The van der Waals surface area contributed by atoms with Crippen LogP contribution in [0.2, 0.25) is 0 Å². The van der Waals surface area contributed by atoms with Crippen LogP contribution < -0.4 is 5.32 Å². The van der Waals surface area contributed by atoms with Crippen LogP contribution in [0.25, 0.3) is 0 Å². The fraction of sp³-hybridized carbons (Fsp3) is 0.412. The Morgan fingerprint density at radius 1 is 1.29 bits per heavy atom. The number of likely N-dealkylation sites (tertiary alicyclic amines) is 1. The molecule has 0 aliphatic carbocycles. The van der Waals surface area contributed by atoms with E-state index in [1.54, 1.807) is 24.3 Å². The third kappa shape index (κ3) is 5.24. The number of benzene rings is 1. The van der Waals surface area contributed by atoms with Crippen molar-refractivity contribution in [3.8, 4) is 0 Å². The summed E-state index contributed by atoms with van der Waals surface area (Å²) in [6.45, 7) is -1.06. The molecular formula is C17H18F3N5O2S. The second kappa shape index (κ2) is 8.63. The lowest BCUT2D eigenvalue weighted by Crippen LogP contribution is -2.48. The van der Waals surface area contributed by atoms with Gasteiger partial charge in [0, 0.05) is 17.9 Å². The molecule has 1 unspecified atom stereocenters. The maximum absolute atomic E-state index is 12.7. The van der Waals surface area contributed by atoms with E-state index < -0.39 is 24.7 Å². The monoisotopic (exact) mass is 413 g/mol. The van der Waals surface area contributed by atoms with Crippen molar-refractivity contribution in [2.24, 2.45) is 0 Å². The minimum absolute atomic E-state index is 0.339. The number of thioether (sulfide) groups is 1. The fourth-order valence-corrected chi connectivity index (χ4v) is 3.65. The van der Waals surface area contributed by atoms with Crippen molar-refractivity contribution < 1.29 is 22.8 Å². The van der Waals surface area contributed by atoms with Gasteiger partial charge in [-0.2, -0.15) is 18.3 Å². The van der Waals surface area contributed by atoms with E-state index in [9.17, 15) is 22.8 Å². The molecule has 0 bridgehead atoms. The number of nitrogens with zero attached hydrogens (tertiary/aromatic N) is 3. The Balaban J connectivity index is 1.59. The summed E-state index contributed by atoms with van der Waals surface area (Å²) < 4.78 is 36.9. The lowest BCUT2D eigenvalue weighted by molar-refractivity contribution is -0.140. The molecule has 1 saturated heterocycles. The second-order valence-corrected chi connectivity index (χ2v) is 7.23. The molecule has 150 valence electrons. The highest BCUT2D eigenvalue weighted by Crippen LogP contribution is 2.23. The highest BCUT2D eigenvalue weighted by atomic mass is 32.2. The fourth-order valence-electron chi connectivity index (χ4n) is 2.91. The average Bonchev–Trinajstić information content (AvgIpc) is 3.35. The van der Waals surface area contributed by atoms with Crippen LogP contribution in [0.5, 0.6) is 0 Å². The molecule has 1 atom stereocenters. The van der Waals surface area contributed by atoms with Gasteiger partial charge in [-0.05, 0) is 30.5 Å². The maximum Gasteiger partial charge on any atom is 0.405 e. The third-order valence-corrected chi connectivity index (χ3v) is 5.20. The smallest absolute Gasteiger partial charge is 0.345 e. The van der Waals surface area contributed by atoms with E-state index in [4.69, 9.17) is 0 Å². The van der Waals surface area contributed by atoms with Crippen molar-refractivity contribution in [2.45, 2.75) is 36.0 Å². The number of alkyl halides is 3. The molecule has 2 aromatic rings. The molecule has 1 aliphatic heterocycles. The van der Waals surface area contributed by atoms with Crippen LogP contribution in [0.15, 0.2) is 35.7 Å². The zero-order valence-electron chi connectivity index (χ0n) is 14.7. The second-order valence-electron chi connectivity index (χ2n) is 6.27. The van der Waals surface area contributed by atoms with Gasteiger partial charge in [-0.25, -0.2) is 4.98 Å². The number of hydrogen-bond donors (Lipinski definition) is 2. The van der Waals surface area contributed by atoms with E-state index in [-0.39, 0.29) is 5.91 Å². The first-order valence-corrected chi connectivity index (χ1v) is 9.54. The number of carbonyl (C=O) groups excluding carboxylic acids is 2. The van der Waals surface area contributed by atoms with Gasteiger partial charge in [-0.15, -0.1) is 0 Å². The standard InChI is InChI=1S/C17H18F3N5O2S/c18-17(19,20)9-21-14(26)13-2-1-7-25(13)15(27)12-5-3-11(4-6-12)8-28-16-22-10-23-24-16/h3-6,10,13H,1-2,7-9H2,(H,21,26)(H,22,23,24). The van der Waals surface area contributed by atoms with Crippen molar-refractivity contribution in [3.63, 3.8) is 0 Å². The van der Waals surface area contributed by atoms with Crippen molar-refractivity contribution >= 4 is 23.6 Å². The quantitative estimate of drug-likeness (QED) is 0.710. The Labute approximate surface area is 163 Å². The summed E-state index contributed by atoms with van der Waals surface area (Å²) in [6, 6.07) is 6.02. The summed E-state index contributed by atoms with van der Waals surface area (Å²) in [5.74, 6) is -0.502. The molecule has 2 heterocycles. The molecule has 3 rings (SSSR count). The molecule has 0 spiro atoms. The first-order chi connectivity index (χ1) is 13.3. The summed E-state index contributed by atoms with van der Waals surface area (Å²) >= 11 is 1.46. The number of hydrogen-bond acceptors (Lipinski definition) is 5. The van der Waals surface area contributed by atoms with Crippen molar-refractivity contribution in [1.82, 2.24) is 25.4 Å². The number of amides is 2. The topological polar surface area (TPSA) is 91.0 Å². The number of aromatic nitrogens is 3. The Hall–Kier alpha value is -2.56. The van der Waals surface area contributed by atoms with Gasteiger partial charge >= 0.3 is 6.18 Å². The first-order valence-electron chi connectivity index (χ1n) is 8.56. The normalized spacial score (nSPS) is 17.0. The average molecular weight is 413 g/mol. The van der Waals surface area contributed by atoms with Gasteiger partial charge in [0.2, 0.25) is 5.91 Å². The summed E-state index contributed by atoms with van der Waals surface area (Å²) in [7, 11) is 0. The van der Waals surface area contributed by atoms with Crippen LogP contribution in [0.3, 0.4) is 0 Å². The minimum atomic E-state index is -4.48. The van der Waals surface area contributed by atoms with Crippen molar-refractivity contribution in [1.29, 1.82) is 0 Å².